The first-order valence-corrected chi connectivity index (χ1v) is 9.48. The number of carbonyl (C=O) groups excluding carboxylic acids is 1. The van der Waals surface area contributed by atoms with Crippen molar-refractivity contribution >= 4 is 45.0 Å². The first kappa shape index (κ1) is 18.7. The van der Waals surface area contributed by atoms with Crippen molar-refractivity contribution in [1.29, 1.82) is 0 Å². The molecule has 0 bridgehead atoms. The predicted molar refractivity (Wildman–Crippen MR) is 115 cm³/mol. The van der Waals surface area contributed by atoms with E-state index in [4.69, 9.17) is 4.74 Å². The summed E-state index contributed by atoms with van der Waals surface area (Å²) in [5.74, 6) is 0.658. The lowest BCUT2D eigenvalue weighted by Gasteiger charge is -2.14. The lowest BCUT2D eigenvalue weighted by atomic mass is 10.0. The van der Waals surface area contributed by atoms with E-state index >= 15 is 0 Å². The lowest BCUT2D eigenvalue weighted by Crippen LogP contribution is -2.19. The summed E-state index contributed by atoms with van der Waals surface area (Å²) in [4.78, 5) is 14.8. The number of amides is 1. The van der Waals surface area contributed by atoms with Crippen molar-refractivity contribution in [1.82, 2.24) is 4.90 Å². The van der Waals surface area contributed by atoms with Gasteiger partial charge in [0.15, 0.2) is 0 Å². The molecule has 0 aliphatic heterocycles. The standard InChI is InChI=1S/C21H21IN2O2/c1-24(2)12-13-26-20-14-16(10-11-19(20)22)23-21(25)18-9-5-7-15-6-3-4-8-17(15)18/h3-11,14H,12-13H2,1-2H3,(H,23,25). The molecule has 26 heavy (non-hydrogen) atoms. The molecule has 5 heteroatoms. The third kappa shape index (κ3) is 4.53. The van der Waals surface area contributed by atoms with E-state index in [1.54, 1.807) is 0 Å². The van der Waals surface area contributed by atoms with E-state index in [9.17, 15) is 4.79 Å². The van der Waals surface area contributed by atoms with Crippen LogP contribution in [-0.2, 0) is 0 Å². The molecule has 0 unspecified atom stereocenters. The Morgan fingerprint density at radius 2 is 1.85 bits per heavy atom. The van der Waals surface area contributed by atoms with Crippen LogP contribution in [0.15, 0.2) is 60.7 Å². The van der Waals surface area contributed by atoms with Gasteiger partial charge in [-0.05, 0) is 65.7 Å². The van der Waals surface area contributed by atoms with Crippen molar-refractivity contribution in [3.05, 3.63) is 69.8 Å². The van der Waals surface area contributed by atoms with Crippen LogP contribution in [0, 0.1) is 3.57 Å². The molecule has 4 nitrogen and oxygen atoms in total. The topological polar surface area (TPSA) is 41.6 Å². The van der Waals surface area contributed by atoms with E-state index in [0.29, 0.717) is 12.2 Å². The first-order valence-electron chi connectivity index (χ1n) is 8.41. The second kappa shape index (κ2) is 8.51. The number of hydrogen-bond acceptors (Lipinski definition) is 3. The minimum atomic E-state index is -0.123. The third-order valence-corrected chi connectivity index (χ3v) is 4.91. The minimum absolute atomic E-state index is 0.123. The van der Waals surface area contributed by atoms with Crippen molar-refractivity contribution in [2.24, 2.45) is 0 Å². The summed E-state index contributed by atoms with van der Waals surface area (Å²) < 4.78 is 6.86. The number of nitrogens with one attached hydrogen (secondary N) is 1. The average molecular weight is 460 g/mol. The Morgan fingerprint density at radius 3 is 2.65 bits per heavy atom. The number of carbonyl (C=O) groups is 1. The Kier molecular flexibility index (Phi) is 6.11. The largest absolute Gasteiger partial charge is 0.491 e. The van der Waals surface area contributed by atoms with Crippen LogP contribution in [0.25, 0.3) is 10.8 Å². The fraction of sp³-hybridized carbons (Fsp3) is 0.190. The minimum Gasteiger partial charge on any atom is -0.491 e. The zero-order valence-electron chi connectivity index (χ0n) is 14.8. The van der Waals surface area contributed by atoms with Gasteiger partial charge in [0.1, 0.15) is 12.4 Å². The molecule has 0 aliphatic carbocycles. The molecule has 3 rings (SSSR count). The van der Waals surface area contributed by atoms with Crippen molar-refractivity contribution < 1.29 is 9.53 Å². The monoisotopic (exact) mass is 460 g/mol. The van der Waals surface area contributed by atoms with Gasteiger partial charge in [-0.2, -0.15) is 0 Å². The van der Waals surface area contributed by atoms with Crippen molar-refractivity contribution in [3.8, 4) is 5.75 Å². The zero-order valence-corrected chi connectivity index (χ0v) is 17.0. The van der Waals surface area contributed by atoms with Crippen LogP contribution in [-0.4, -0.2) is 38.1 Å². The molecule has 0 radical (unpaired) electrons. The van der Waals surface area contributed by atoms with Gasteiger partial charge in [0.2, 0.25) is 0 Å². The molecule has 0 aromatic heterocycles. The Labute approximate surface area is 167 Å². The van der Waals surface area contributed by atoms with Crippen molar-refractivity contribution in [2.45, 2.75) is 0 Å². The van der Waals surface area contributed by atoms with E-state index in [1.807, 2.05) is 74.8 Å². The molecule has 134 valence electrons. The van der Waals surface area contributed by atoms with Crippen LogP contribution in [0.2, 0.25) is 0 Å². The number of anilines is 1. The van der Waals surface area contributed by atoms with Gasteiger partial charge in [-0.15, -0.1) is 0 Å². The van der Waals surface area contributed by atoms with Gasteiger partial charge < -0.3 is 15.0 Å². The Balaban J connectivity index is 1.78. The lowest BCUT2D eigenvalue weighted by molar-refractivity contribution is 0.102. The van der Waals surface area contributed by atoms with Crippen LogP contribution in [0.1, 0.15) is 10.4 Å². The zero-order chi connectivity index (χ0) is 18.5. The van der Waals surface area contributed by atoms with Crippen LogP contribution in [0.5, 0.6) is 5.75 Å². The summed E-state index contributed by atoms with van der Waals surface area (Å²) in [6.45, 7) is 1.44. The fourth-order valence-corrected chi connectivity index (χ4v) is 3.14. The van der Waals surface area contributed by atoms with Crippen LogP contribution >= 0.6 is 22.6 Å². The quantitative estimate of drug-likeness (QED) is 0.546. The summed E-state index contributed by atoms with van der Waals surface area (Å²) in [5.41, 5.74) is 1.39. The number of fused-ring (bicyclic) bond motifs is 1. The molecule has 3 aromatic rings. The van der Waals surface area contributed by atoms with Gasteiger partial charge in [-0.25, -0.2) is 0 Å². The van der Waals surface area contributed by atoms with Crippen molar-refractivity contribution in [3.63, 3.8) is 0 Å². The van der Waals surface area contributed by atoms with Gasteiger partial charge in [0, 0.05) is 23.9 Å². The molecule has 0 fully saturated rings. The van der Waals surface area contributed by atoms with Crippen LogP contribution in [0.3, 0.4) is 0 Å². The third-order valence-electron chi connectivity index (χ3n) is 4.02. The van der Waals surface area contributed by atoms with Gasteiger partial charge in [-0.1, -0.05) is 36.4 Å². The average Bonchev–Trinajstić information content (AvgIpc) is 2.63. The summed E-state index contributed by atoms with van der Waals surface area (Å²) in [5, 5.41) is 4.98. The summed E-state index contributed by atoms with van der Waals surface area (Å²) in [6.07, 6.45) is 0. The second-order valence-electron chi connectivity index (χ2n) is 6.28. The number of hydrogen-bond donors (Lipinski definition) is 1. The van der Waals surface area contributed by atoms with Gasteiger partial charge in [0.05, 0.1) is 3.57 Å². The summed E-state index contributed by atoms with van der Waals surface area (Å²) in [6, 6.07) is 19.4. The maximum atomic E-state index is 12.8. The molecule has 1 N–H and O–H groups in total. The van der Waals surface area contributed by atoms with Crippen LogP contribution in [0.4, 0.5) is 5.69 Å². The Hall–Kier alpha value is -2.12. The fourth-order valence-electron chi connectivity index (χ4n) is 2.65. The molecule has 0 heterocycles. The number of benzene rings is 3. The van der Waals surface area contributed by atoms with E-state index in [-0.39, 0.29) is 5.91 Å². The molecular formula is C21H21IN2O2. The number of rotatable bonds is 6. The van der Waals surface area contributed by atoms with Gasteiger partial charge in [-0.3, -0.25) is 4.79 Å². The van der Waals surface area contributed by atoms with Crippen LogP contribution < -0.4 is 10.1 Å². The van der Waals surface area contributed by atoms with E-state index < -0.39 is 0 Å². The van der Waals surface area contributed by atoms with Crippen molar-refractivity contribution in [2.75, 3.05) is 32.6 Å². The molecule has 1 amide bonds. The Morgan fingerprint density at radius 1 is 1.08 bits per heavy atom. The highest BCUT2D eigenvalue weighted by molar-refractivity contribution is 14.1. The number of ether oxygens (including phenoxy) is 1. The normalized spacial score (nSPS) is 10.9. The molecule has 3 aromatic carbocycles. The predicted octanol–water partition coefficient (Wildman–Crippen LogP) is 4.64. The SMILES string of the molecule is CN(C)CCOc1cc(NC(=O)c2cccc3ccccc23)ccc1I. The number of likely N-dealkylation sites (N-methyl/N-ethyl adjacent to an activating group) is 1. The number of halogens is 1. The molecular weight excluding hydrogens is 439 g/mol. The van der Waals surface area contributed by atoms with E-state index in [0.717, 1.165) is 32.3 Å². The highest BCUT2D eigenvalue weighted by Gasteiger charge is 2.11. The molecule has 0 saturated heterocycles. The maximum Gasteiger partial charge on any atom is 0.256 e. The Bertz CT molecular complexity index is 920. The molecule has 0 atom stereocenters. The van der Waals surface area contributed by atoms with Gasteiger partial charge >= 0.3 is 0 Å². The smallest absolute Gasteiger partial charge is 0.256 e. The van der Waals surface area contributed by atoms with E-state index in [2.05, 4.69) is 32.8 Å². The molecule has 0 aliphatic rings. The molecule has 0 spiro atoms. The highest BCUT2D eigenvalue weighted by atomic mass is 127. The second-order valence-corrected chi connectivity index (χ2v) is 7.44. The van der Waals surface area contributed by atoms with E-state index in [1.165, 1.54) is 0 Å². The number of nitrogens with zero attached hydrogens (tertiary/aromatic N) is 1. The summed E-state index contributed by atoms with van der Waals surface area (Å²) in [7, 11) is 4.02. The summed E-state index contributed by atoms with van der Waals surface area (Å²) >= 11 is 2.24. The molecule has 0 saturated carbocycles. The maximum absolute atomic E-state index is 12.8. The highest BCUT2D eigenvalue weighted by Crippen LogP contribution is 2.26. The van der Waals surface area contributed by atoms with Gasteiger partial charge in [0.25, 0.3) is 5.91 Å². The first-order chi connectivity index (χ1) is 12.5.